The molecule has 0 aliphatic rings. The summed E-state index contributed by atoms with van der Waals surface area (Å²) in [5.41, 5.74) is 6.47. The fourth-order valence-electron chi connectivity index (χ4n) is 3.97. The number of rotatable bonds is 9. The van der Waals surface area contributed by atoms with Crippen LogP contribution in [0.1, 0.15) is 54.9 Å². The highest BCUT2D eigenvalue weighted by Crippen LogP contribution is 2.25. The Kier molecular flexibility index (Phi) is 9.82. The fraction of sp³-hybridized carbons (Fsp3) is 0.167. The summed E-state index contributed by atoms with van der Waals surface area (Å²) in [4.78, 5) is 0. The maximum atomic E-state index is 5.81. The van der Waals surface area contributed by atoms with E-state index in [0.717, 1.165) is 46.6 Å². The average molecular weight is 481 g/mol. The van der Waals surface area contributed by atoms with E-state index in [0.29, 0.717) is 0 Å². The number of benzene rings is 4. The van der Waals surface area contributed by atoms with Gasteiger partial charge in [-0.15, -0.1) is 0 Å². The second-order valence-electron chi connectivity index (χ2n) is 8.85. The van der Waals surface area contributed by atoms with Gasteiger partial charge in [-0.05, 0) is 76.9 Å². The molecule has 0 atom stereocenters. The van der Waals surface area contributed by atoms with E-state index in [1.165, 1.54) is 24.8 Å². The van der Waals surface area contributed by atoms with Crippen molar-refractivity contribution in [2.75, 3.05) is 6.61 Å². The highest BCUT2D eigenvalue weighted by molar-refractivity contribution is 5.76. The van der Waals surface area contributed by atoms with Gasteiger partial charge in [0.2, 0.25) is 0 Å². The molecule has 0 bridgehead atoms. The Morgan fingerprint density at radius 2 is 1.38 bits per heavy atom. The van der Waals surface area contributed by atoms with E-state index < -0.39 is 0 Å². The molecule has 0 fully saturated rings. The number of hydrogen-bond acceptors (Lipinski definition) is 1. The van der Waals surface area contributed by atoms with Crippen LogP contribution in [0.15, 0.2) is 103 Å². The molecule has 0 unspecified atom stereocenters. The molecule has 0 heterocycles. The molecule has 0 spiro atoms. The molecule has 0 aliphatic heterocycles. The largest absolute Gasteiger partial charge is 0.494 e. The van der Waals surface area contributed by atoms with E-state index in [9.17, 15) is 0 Å². The first-order valence-electron chi connectivity index (χ1n) is 13.0. The summed E-state index contributed by atoms with van der Waals surface area (Å²) in [6, 6.07) is 35.0. The van der Waals surface area contributed by atoms with Gasteiger partial charge in [-0.25, -0.2) is 0 Å². The SMILES string of the molecule is CCCCCCOc1ccc(C#CC#Cc2ccccc2-c2cccc(/C=C/c3ccccc3)c2)cc1. The summed E-state index contributed by atoms with van der Waals surface area (Å²) < 4.78 is 5.81. The first-order valence-corrected chi connectivity index (χ1v) is 13.0. The third-order valence-electron chi connectivity index (χ3n) is 5.98. The zero-order valence-corrected chi connectivity index (χ0v) is 21.4. The van der Waals surface area contributed by atoms with Gasteiger partial charge in [0, 0.05) is 11.1 Å². The standard InChI is InChI=1S/C36H32O/c1-2-3-4-12-28-37-35-26-24-31(25-27-35)16-8-9-18-33-19-10-11-21-36(33)34-20-13-17-32(29-34)23-22-30-14-6-5-7-15-30/h5-7,10-11,13-15,17,19-27,29H,2-4,12,28H2,1H3/b23-22+. The Bertz CT molecular complexity index is 1420. The van der Waals surface area contributed by atoms with Crippen LogP contribution >= 0.6 is 0 Å². The minimum atomic E-state index is 0.766. The Morgan fingerprint density at radius 1 is 0.649 bits per heavy atom. The summed E-state index contributed by atoms with van der Waals surface area (Å²) in [6.45, 7) is 2.98. The summed E-state index contributed by atoms with van der Waals surface area (Å²) >= 11 is 0. The van der Waals surface area contributed by atoms with Gasteiger partial charge in [0.15, 0.2) is 0 Å². The molecule has 0 N–H and O–H groups in total. The summed E-state index contributed by atoms with van der Waals surface area (Å²) in [7, 11) is 0. The van der Waals surface area contributed by atoms with E-state index in [-0.39, 0.29) is 0 Å². The molecular weight excluding hydrogens is 448 g/mol. The highest BCUT2D eigenvalue weighted by atomic mass is 16.5. The molecule has 0 aromatic heterocycles. The van der Waals surface area contributed by atoms with Crippen LogP contribution in [-0.2, 0) is 0 Å². The van der Waals surface area contributed by atoms with E-state index in [4.69, 9.17) is 4.74 Å². The third kappa shape index (κ3) is 8.31. The van der Waals surface area contributed by atoms with Gasteiger partial charge in [0.25, 0.3) is 0 Å². The molecular formula is C36H32O. The van der Waals surface area contributed by atoms with Crippen molar-refractivity contribution in [2.24, 2.45) is 0 Å². The molecule has 4 rings (SSSR count). The zero-order valence-electron chi connectivity index (χ0n) is 21.4. The van der Waals surface area contributed by atoms with Crippen molar-refractivity contribution in [3.05, 3.63) is 125 Å². The second kappa shape index (κ2) is 14.2. The smallest absolute Gasteiger partial charge is 0.119 e. The van der Waals surface area contributed by atoms with Crippen LogP contribution in [0.3, 0.4) is 0 Å². The quantitative estimate of drug-likeness (QED) is 0.132. The van der Waals surface area contributed by atoms with Crippen LogP contribution in [-0.4, -0.2) is 6.61 Å². The lowest BCUT2D eigenvalue weighted by Crippen LogP contribution is -1.96. The Morgan fingerprint density at radius 3 is 2.22 bits per heavy atom. The van der Waals surface area contributed by atoms with Crippen LogP contribution in [0.25, 0.3) is 23.3 Å². The van der Waals surface area contributed by atoms with Crippen molar-refractivity contribution in [3.8, 4) is 40.6 Å². The second-order valence-corrected chi connectivity index (χ2v) is 8.85. The monoisotopic (exact) mass is 480 g/mol. The highest BCUT2D eigenvalue weighted by Gasteiger charge is 2.03. The van der Waals surface area contributed by atoms with Crippen LogP contribution in [0, 0.1) is 23.7 Å². The van der Waals surface area contributed by atoms with Crippen molar-refractivity contribution in [2.45, 2.75) is 32.6 Å². The summed E-state index contributed by atoms with van der Waals surface area (Å²) in [5.74, 6) is 13.3. The van der Waals surface area contributed by atoms with Gasteiger partial charge in [-0.1, -0.05) is 117 Å². The molecule has 0 aliphatic carbocycles. The normalized spacial score (nSPS) is 10.3. The molecule has 1 nitrogen and oxygen atoms in total. The van der Waals surface area contributed by atoms with E-state index in [2.05, 4.69) is 85.2 Å². The minimum absolute atomic E-state index is 0.766. The molecule has 0 saturated heterocycles. The Labute approximate surface area is 221 Å². The Balaban J connectivity index is 1.42. The van der Waals surface area contributed by atoms with Gasteiger partial charge in [-0.3, -0.25) is 0 Å². The summed E-state index contributed by atoms with van der Waals surface area (Å²) in [6.07, 6.45) is 9.09. The van der Waals surface area contributed by atoms with Crippen molar-refractivity contribution in [1.82, 2.24) is 0 Å². The van der Waals surface area contributed by atoms with Gasteiger partial charge in [-0.2, -0.15) is 0 Å². The van der Waals surface area contributed by atoms with Crippen LogP contribution in [0.5, 0.6) is 5.75 Å². The molecule has 4 aromatic carbocycles. The van der Waals surface area contributed by atoms with E-state index in [1.54, 1.807) is 0 Å². The van der Waals surface area contributed by atoms with Crippen LogP contribution in [0.2, 0.25) is 0 Å². The molecule has 4 aromatic rings. The van der Waals surface area contributed by atoms with Gasteiger partial charge < -0.3 is 4.74 Å². The molecule has 37 heavy (non-hydrogen) atoms. The Hall–Kier alpha value is -4.46. The number of hydrogen-bond donors (Lipinski definition) is 0. The fourth-order valence-corrected chi connectivity index (χ4v) is 3.97. The van der Waals surface area contributed by atoms with E-state index >= 15 is 0 Å². The average Bonchev–Trinajstić information content (AvgIpc) is 2.96. The van der Waals surface area contributed by atoms with Crippen LogP contribution < -0.4 is 4.74 Å². The lowest BCUT2D eigenvalue weighted by atomic mass is 9.98. The van der Waals surface area contributed by atoms with Crippen molar-refractivity contribution >= 4 is 12.2 Å². The minimum Gasteiger partial charge on any atom is -0.494 e. The maximum absolute atomic E-state index is 5.81. The predicted octanol–water partition coefficient (Wildman–Crippen LogP) is 8.89. The maximum Gasteiger partial charge on any atom is 0.119 e. The zero-order chi connectivity index (χ0) is 25.5. The van der Waals surface area contributed by atoms with Gasteiger partial charge in [0.1, 0.15) is 5.75 Å². The predicted molar refractivity (Wildman–Crippen MR) is 157 cm³/mol. The molecule has 0 amide bonds. The third-order valence-corrected chi connectivity index (χ3v) is 5.98. The number of ether oxygens (including phenoxy) is 1. The van der Waals surface area contributed by atoms with Gasteiger partial charge in [0.05, 0.1) is 6.61 Å². The van der Waals surface area contributed by atoms with Crippen molar-refractivity contribution < 1.29 is 4.74 Å². The lowest BCUT2D eigenvalue weighted by molar-refractivity contribution is 0.305. The first kappa shape index (κ1) is 25.6. The van der Waals surface area contributed by atoms with Crippen molar-refractivity contribution in [1.29, 1.82) is 0 Å². The van der Waals surface area contributed by atoms with Gasteiger partial charge >= 0.3 is 0 Å². The molecule has 0 saturated carbocycles. The summed E-state index contributed by atoms with van der Waals surface area (Å²) in [5, 5.41) is 0. The first-order chi connectivity index (χ1) is 18.3. The molecule has 182 valence electrons. The topological polar surface area (TPSA) is 9.23 Å². The van der Waals surface area contributed by atoms with E-state index in [1.807, 2.05) is 60.7 Å². The van der Waals surface area contributed by atoms with Crippen molar-refractivity contribution in [3.63, 3.8) is 0 Å². The number of unbranched alkanes of at least 4 members (excludes halogenated alkanes) is 3. The molecule has 1 heteroatoms. The molecule has 0 radical (unpaired) electrons. The lowest BCUT2D eigenvalue weighted by Gasteiger charge is -2.06. The van der Waals surface area contributed by atoms with Crippen LogP contribution in [0.4, 0.5) is 0 Å².